The van der Waals surface area contributed by atoms with Gasteiger partial charge < -0.3 is 4.90 Å². The zero-order valence-corrected chi connectivity index (χ0v) is 6.71. The second-order valence-corrected chi connectivity index (χ2v) is 2.96. The smallest absolute Gasteiger partial charge is 0.325 e. The molecule has 1 saturated heterocycles. The van der Waals surface area contributed by atoms with Crippen molar-refractivity contribution in [1.82, 2.24) is 4.90 Å². The average Bonchev–Trinajstić information content (AvgIpc) is 2.04. The molecule has 1 fully saturated rings. The van der Waals surface area contributed by atoms with Crippen molar-refractivity contribution in [2.45, 2.75) is 32.2 Å². The normalized spacial score (nSPS) is 24.4. The van der Waals surface area contributed by atoms with E-state index >= 15 is 0 Å². The Morgan fingerprint density at radius 3 is 2.91 bits per heavy atom. The number of nitrogens with zero attached hydrogens (tertiary/aromatic N) is 2. The fourth-order valence-electron chi connectivity index (χ4n) is 1.46. The molecule has 3 heteroatoms. The summed E-state index contributed by atoms with van der Waals surface area (Å²) in [5, 5.41) is 8.36. The molecule has 0 aromatic carbocycles. The molecule has 1 rings (SSSR count). The van der Waals surface area contributed by atoms with Gasteiger partial charge in [-0.05, 0) is 26.2 Å². The summed E-state index contributed by atoms with van der Waals surface area (Å²) in [6.45, 7) is 2.75. The second kappa shape index (κ2) is 3.38. The molecule has 0 aromatic rings. The fourth-order valence-corrected chi connectivity index (χ4v) is 1.46. The van der Waals surface area contributed by atoms with Crippen LogP contribution in [0, 0.1) is 11.3 Å². The summed E-state index contributed by atoms with van der Waals surface area (Å²) < 4.78 is 0. The third kappa shape index (κ3) is 1.70. The lowest BCUT2D eigenvalue weighted by Gasteiger charge is -2.31. The van der Waals surface area contributed by atoms with Crippen molar-refractivity contribution in [3.63, 3.8) is 0 Å². The van der Waals surface area contributed by atoms with Crippen LogP contribution in [-0.2, 0) is 4.79 Å². The Morgan fingerprint density at radius 2 is 2.36 bits per heavy atom. The SMILES string of the molecule is CC1CCCCN1C(=O)C#N. The number of amides is 1. The van der Waals surface area contributed by atoms with E-state index in [0.29, 0.717) is 0 Å². The standard InChI is InChI=1S/C8H12N2O/c1-7-4-2-3-5-10(7)8(11)6-9/h7H,2-5H2,1H3. The molecule has 0 aromatic heterocycles. The van der Waals surface area contributed by atoms with Gasteiger partial charge >= 0.3 is 5.91 Å². The molecular formula is C8H12N2O. The van der Waals surface area contributed by atoms with Gasteiger partial charge in [-0.1, -0.05) is 0 Å². The van der Waals surface area contributed by atoms with Crippen molar-refractivity contribution in [1.29, 1.82) is 5.26 Å². The first-order valence-electron chi connectivity index (χ1n) is 3.96. The molecule has 1 atom stereocenters. The van der Waals surface area contributed by atoms with Crippen molar-refractivity contribution in [3.8, 4) is 6.07 Å². The van der Waals surface area contributed by atoms with Gasteiger partial charge in [0.1, 0.15) is 0 Å². The van der Waals surface area contributed by atoms with Crippen molar-refractivity contribution in [2.75, 3.05) is 6.54 Å². The van der Waals surface area contributed by atoms with E-state index in [1.807, 2.05) is 6.92 Å². The van der Waals surface area contributed by atoms with Gasteiger partial charge in [0.05, 0.1) is 0 Å². The zero-order chi connectivity index (χ0) is 8.27. The predicted molar refractivity (Wildman–Crippen MR) is 40.6 cm³/mol. The molecule has 1 aliphatic rings. The summed E-state index contributed by atoms with van der Waals surface area (Å²) in [5.74, 6) is -0.378. The van der Waals surface area contributed by atoms with E-state index in [1.165, 1.54) is 6.42 Å². The van der Waals surface area contributed by atoms with Gasteiger partial charge in [0.25, 0.3) is 0 Å². The lowest BCUT2D eigenvalue weighted by atomic mass is 10.0. The molecule has 1 unspecified atom stereocenters. The molecule has 3 nitrogen and oxygen atoms in total. The van der Waals surface area contributed by atoms with Crippen LogP contribution in [0.5, 0.6) is 0 Å². The van der Waals surface area contributed by atoms with Gasteiger partial charge in [0, 0.05) is 12.6 Å². The molecule has 0 spiro atoms. The van der Waals surface area contributed by atoms with Gasteiger partial charge in [0.2, 0.25) is 0 Å². The molecular weight excluding hydrogens is 140 g/mol. The maximum atomic E-state index is 10.9. The molecule has 0 aliphatic carbocycles. The third-order valence-electron chi connectivity index (χ3n) is 2.16. The Bertz CT molecular complexity index is 195. The van der Waals surface area contributed by atoms with E-state index in [-0.39, 0.29) is 11.9 Å². The molecule has 11 heavy (non-hydrogen) atoms. The van der Waals surface area contributed by atoms with Gasteiger partial charge in [-0.15, -0.1) is 0 Å². The summed E-state index contributed by atoms with van der Waals surface area (Å²) in [4.78, 5) is 12.6. The maximum Gasteiger partial charge on any atom is 0.325 e. The number of hydrogen-bond acceptors (Lipinski definition) is 2. The third-order valence-corrected chi connectivity index (χ3v) is 2.16. The number of likely N-dealkylation sites (tertiary alicyclic amines) is 1. The van der Waals surface area contributed by atoms with E-state index in [9.17, 15) is 4.79 Å². The maximum absolute atomic E-state index is 10.9. The minimum Gasteiger partial charge on any atom is -0.327 e. The first-order valence-corrected chi connectivity index (χ1v) is 3.96. The quantitative estimate of drug-likeness (QED) is 0.484. The summed E-state index contributed by atoms with van der Waals surface area (Å²) >= 11 is 0. The monoisotopic (exact) mass is 152 g/mol. The van der Waals surface area contributed by atoms with Crippen LogP contribution in [0.25, 0.3) is 0 Å². The Morgan fingerprint density at radius 1 is 1.64 bits per heavy atom. The summed E-state index contributed by atoms with van der Waals surface area (Å²) in [6, 6.07) is 1.91. The van der Waals surface area contributed by atoms with Crippen LogP contribution in [0.3, 0.4) is 0 Å². The van der Waals surface area contributed by atoms with Crippen LogP contribution in [0.4, 0.5) is 0 Å². The first kappa shape index (κ1) is 8.06. The Kier molecular flexibility index (Phi) is 2.48. The minimum atomic E-state index is -0.378. The Balaban J connectivity index is 2.56. The topological polar surface area (TPSA) is 44.1 Å². The number of carbonyl (C=O) groups excluding carboxylic acids is 1. The van der Waals surface area contributed by atoms with E-state index in [0.717, 1.165) is 19.4 Å². The Labute approximate surface area is 66.6 Å². The van der Waals surface area contributed by atoms with E-state index in [1.54, 1.807) is 11.0 Å². The summed E-state index contributed by atoms with van der Waals surface area (Å²) in [6.07, 6.45) is 3.25. The largest absolute Gasteiger partial charge is 0.327 e. The highest BCUT2D eigenvalue weighted by Gasteiger charge is 2.22. The van der Waals surface area contributed by atoms with Crippen molar-refractivity contribution < 1.29 is 4.79 Å². The zero-order valence-electron chi connectivity index (χ0n) is 6.71. The molecule has 1 aliphatic heterocycles. The predicted octanol–water partition coefficient (Wildman–Crippen LogP) is 0.911. The lowest BCUT2D eigenvalue weighted by Crippen LogP contribution is -2.41. The summed E-state index contributed by atoms with van der Waals surface area (Å²) in [5.41, 5.74) is 0. The molecule has 0 saturated carbocycles. The van der Waals surface area contributed by atoms with Crippen LogP contribution in [0.1, 0.15) is 26.2 Å². The fraction of sp³-hybridized carbons (Fsp3) is 0.750. The van der Waals surface area contributed by atoms with Crippen LogP contribution < -0.4 is 0 Å². The van der Waals surface area contributed by atoms with Gasteiger partial charge in [0.15, 0.2) is 6.07 Å². The molecule has 1 heterocycles. The minimum absolute atomic E-state index is 0.260. The molecule has 0 bridgehead atoms. The second-order valence-electron chi connectivity index (χ2n) is 2.96. The highest BCUT2D eigenvalue weighted by molar-refractivity contribution is 5.91. The van der Waals surface area contributed by atoms with E-state index < -0.39 is 0 Å². The van der Waals surface area contributed by atoms with E-state index in [4.69, 9.17) is 5.26 Å². The highest BCUT2D eigenvalue weighted by atomic mass is 16.2. The van der Waals surface area contributed by atoms with Crippen LogP contribution in [0.15, 0.2) is 0 Å². The van der Waals surface area contributed by atoms with Gasteiger partial charge in [-0.25, -0.2) is 0 Å². The Hall–Kier alpha value is -1.04. The number of rotatable bonds is 0. The lowest BCUT2D eigenvalue weighted by molar-refractivity contribution is -0.128. The van der Waals surface area contributed by atoms with Crippen molar-refractivity contribution in [2.24, 2.45) is 0 Å². The number of carbonyl (C=O) groups is 1. The number of piperidine rings is 1. The van der Waals surface area contributed by atoms with Gasteiger partial charge in [-0.2, -0.15) is 5.26 Å². The molecule has 0 radical (unpaired) electrons. The van der Waals surface area contributed by atoms with Crippen LogP contribution in [-0.4, -0.2) is 23.4 Å². The van der Waals surface area contributed by atoms with Crippen molar-refractivity contribution >= 4 is 5.91 Å². The van der Waals surface area contributed by atoms with E-state index in [2.05, 4.69) is 0 Å². The van der Waals surface area contributed by atoms with Crippen LogP contribution in [0.2, 0.25) is 0 Å². The highest BCUT2D eigenvalue weighted by Crippen LogP contribution is 2.15. The van der Waals surface area contributed by atoms with Crippen molar-refractivity contribution in [3.05, 3.63) is 0 Å². The van der Waals surface area contributed by atoms with Crippen LogP contribution >= 0.6 is 0 Å². The average molecular weight is 152 g/mol. The molecule has 60 valence electrons. The molecule has 1 amide bonds. The summed E-state index contributed by atoms with van der Waals surface area (Å²) in [7, 11) is 0. The molecule has 0 N–H and O–H groups in total. The van der Waals surface area contributed by atoms with Gasteiger partial charge in [-0.3, -0.25) is 4.79 Å². The number of nitriles is 1. The first-order chi connectivity index (χ1) is 5.25. The number of hydrogen-bond donors (Lipinski definition) is 0.